The molecule has 2 aromatic rings. The van der Waals surface area contributed by atoms with Crippen LogP contribution in [0.5, 0.6) is 0 Å². The lowest BCUT2D eigenvalue weighted by atomic mass is 9.67. The monoisotopic (exact) mass is 337 g/mol. The van der Waals surface area contributed by atoms with Gasteiger partial charge in [-0.25, -0.2) is 0 Å². The Morgan fingerprint density at radius 1 is 1.16 bits per heavy atom. The van der Waals surface area contributed by atoms with Crippen LogP contribution < -0.4 is 5.32 Å². The highest BCUT2D eigenvalue weighted by molar-refractivity contribution is 6.01. The molecule has 25 heavy (non-hydrogen) atoms. The molecule has 1 saturated carbocycles. The lowest BCUT2D eigenvalue weighted by molar-refractivity contribution is -0.0809. The summed E-state index contributed by atoms with van der Waals surface area (Å²) in [4.78, 5) is 13.0. The van der Waals surface area contributed by atoms with Crippen LogP contribution >= 0.6 is 0 Å². The van der Waals surface area contributed by atoms with Crippen LogP contribution in [-0.4, -0.2) is 38.4 Å². The second-order valence-electron chi connectivity index (χ2n) is 6.82. The average Bonchev–Trinajstić information content (AvgIpc) is 3.09. The molecule has 130 valence electrons. The Balaban J connectivity index is 1.56. The lowest BCUT2D eigenvalue weighted by Crippen LogP contribution is -2.62. The summed E-state index contributed by atoms with van der Waals surface area (Å²) in [5.41, 5.74) is 2.73. The Labute approximate surface area is 148 Å². The van der Waals surface area contributed by atoms with Crippen LogP contribution in [0.25, 0.3) is 11.1 Å². The number of hydrogen-bond acceptors (Lipinski definition) is 3. The van der Waals surface area contributed by atoms with Crippen molar-refractivity contribution in [3.05, 3.63) is 60.2 Å². The van der Waals surface area contributed by atoms with Gasteiger partial charge in [-0.1, -0.05) is 48.5 Å². The number of nitrogens with one attached hydrogen (secondary N) is 1. The fourth-order valence-corrected chi connectivity index (χ4v) is 4.21. The Kier molecular flexibility index (Phi) is 4.55. The highest BCUT2D eigenvalue weighted by Crippen LogP contribution is 2.44. The van der Waals surface area contributed by atoms with Crippen molar-refractivity contribution in [3.8, 4) is 11.1 Å². The van der Waals surface area contributed by atoms with E-state index in [2.05, 4.69) is 5.32 Å². The van der Waals surface area contributed by atoms with E-state index in [9.17, 15) is 4.79 Å². The van der Waals surface area contributed by atoms with Gasteiger partial charge in [0.25, 0.3) is 5.91 Å². The normalized spacial score (nSPS) is 27.4. The van der Waals surface area contributed by atoms with Gasteiger partial charge in [0.2, 0.25) is 0 Å². The molecular formula is C21H23NO3. The number of methoxy groups -OCH3 is 1. The molecule has 4 nitrogen and oxygen atoms in total. The van der Waals surface area contributed by atoms with Crippen molar-refractivity contribution in [1.82, 2.24) is 5.32 Å². The molecule has 2 fully saturated rings. The van der Waals surface area contributed by atoms with E-state index in [1.807, 2.05) is 54.6 Å². The summed E-state index contributed by atoms with van der Waals surface area (Å²) >= 11 is 0. The van der Waals surface area contributed by atoms with Gasteiger partial charge in [0.15, 0.2) is 0 Å². The van der Waals surface area contributed by atoms with E-state index in [1.165, 1.54) is 0 Å². The predicted octanol–water partition coefficient (Wildman–Crippen LogP) is 3.13. The van der Waals surface area contributed by atoms with E-state index in [1.54, 1.807) is 7.11 Å². The summed E-state index contributed by atoms with van der Waals surface area (Å²) in [5, 5.41) is 3.25. The minimum atomic E-state index is -0.0177. The SMILES string of the molecule is COC[C@H]1[C@@H](NC(=O)c2ccccc2-c2ccccc2)[C@@H]2CCO[C@@H]21. The first-order chi connectivity index (χ1) is 12.3. The number of fused-ring (bicyclic) bond motifs is 1. The smallest absolute Gasteiger partial charge is 0.252 e. The second-order valence-corrected chi connectivity index (χ2v) is 6.82. The molecule has 1 N–H and O–H groups in total. The van der Waals surface area contributed by atoms with Crippen molar-refractivity contribution < 1.29 is 14.3 Å². The summed E-state index contributed by atoms with van der Waals surface area (Å²) in [7, 11) is 1.70. The molecule has 1 amide bonds. The van der Waals surface area contributed by atoms with E-state index in [-0.39, 0.29) is 24.0 Å². The first kappa shape index (κ1) is 16.3. The standard InChI is InChI=1S/C21H23NO3/c1-24-13-18-19(17-11-12-25-20(17)18)22-21(23)16-10-6-5-9-15(16)14-7-3-2-4-8-14/h2-10,17-20H,11-13H2,1H3,(H,22,23)/t17-,18-,19-,20-/m0/s1. The zero-order valence-corrected chi connectivity index (χ0v) is 14.4. The zero-order valence-electron chi connectivity index (χ0n) is 14.4. The number of rotatable bonds is 5. The van der Waals surface area contributed by atoms with Crippen LogP contribution in [0, 0.1) is 11.8 Å². The van der Waals surface area contributed by atoms with E-state index >= 15 is 0 Å². The summed E-state index contributed by atoms with van der Waals surface area (Å²) < 4.78 is 11.1. The summed E-state index contributed by atoms with van der Waals surface area (Å²) in [6, 6.07) is 17.9. The van der Waals surface area contributed by atoms with Crippen LogP contribution in [0.3, 0.4) is 0 Å². The average molecular weight is 337 g/mol. The van der Waals surface area contributed by atoms with E-state index < -0.39 is 0 Å². The third kappa shape index (κ3) is 2.96. The van der Waals surface area contributed by atoms with Crippen molar-refractivity contribution in [2.45, 2.75) is 18.6 Å². The topological polar surface area (TPSA) is 47.6 Å². The van der Waals surface area contributed by atoms with Gasteiger partial charge in [0, 0.05) is 37.2 Å². The van der Waals surface area contributed by atoms with Gasteiger partial charge in [-0.3, -0.25) is 4.79 Å². The minimum Gasteiger partial charge on any atom is -0.384 e. The van der Waals surface area contributed by atoms with Crippen molar-refractivity contribution in [2.24, 2.45) is 11.8 Å². The second kappa shape index (κ2) is 6.98. The van der Waals surface area contributed by atoms with Crippen LogP contribution in [-0.2, 0) is 9.47 Å². The fraction of sp³-hybridized carbons (Fsp3) is 0.381. The van der Waals surface area contributed by atoms with Gasteiger partial charge in [-0.05, 0) is 23.6 Å². The Morgan fingerprint density at radius 2 is 1.92 bits per heavy atom. The van der Waals surface area contributed by atoms with Crippen molar-refractivity contribution in [2.75, 3.05) is 20.3 Å². The minimum absolute atomic E-state index is 0.0177. The molecule has 1 aliphatic carbocycles. The van der Waals surface area contributed by atoms with E-state index in [4.69, 9.17) is 9.47 Å². The third-order valence-corrected chi connectivity index (χ3v) is 5.44. The zero-order chi connectivity index (χ0) is 17.2. The number of ether oxygens (including phenoxy) is 2. The molecule has 1 heterocycles. The first-order valence-electron chi connectivity index (χ1n) is 8.85. The molecule has 4 heteroatoms. The van der Waals surface area contributed by atoms with Gasteiger partial charge in [0.05, 0.1) is 12.7 Å². The van der Waals surface area contributed by atoms with Crippen molar-refractivity contribution in [3.63, 3.8) is 0 Å². The molecule has 1 aliphatic heterocycles. The van der Waals surface area contributed by atoms with Gasteiger partial charge < -0.3 is 14.8 Å². The summed E-state index contributed by atoms with van der Waals surface area (Å²) in [5.74, 6) is 0.634. The highest BCUT2D eigenvalue weighted by Gasteiger charge is 2.54. The van der Waals surface area contributed by atoms with E-state index in [0.29, 0.717) is 18.1 Å². The highest BCUT2D eigenvalue weighted by atomic mass is 16.5. The third-order valence-electron chi connectivity index (χ3n) is 5.44. The maximum Gasteiger partial charge on any atom is 0.252 e. The van der Waals surface area contributed by atoms with Crippen LogP contribution in [0.15, 0.2) is 54.6 Å². The van der Waals surface area contributed by atoms with Gasteiger partial charge in [-0.2, -0.15) is 0 Å². The van der Waals surface area contributed by atoms with Crippen LogP contribution in [0.4, 0.5) is 0 Å². The lowest BCUT2D eigenvalue weighted by Gasteiger charge is -2.47. The molecule has 1 saturated heterocycles. The number of carbonyl (C=O) groups excluding carboxylic acids is 1. The van der Waals surface area contributed by atoms with E-state index in [0.717, 1.165) is 24.2 Å². The molecule has 4 atom stereocenters. The molecule has 0 spiro atoms. The number of amides is 1. The molecule has 0 aromatic heterocycles. The number of carbonyl (C=O) groups is 1. The van der Waals surface area contributed by atoms with Crippen LogP contribution in [0.1, 0.15) is 16.8 Å². The molecule has 4 rings (SSSR count). The molecule has 0 radical (unpaired) electrons. The Bertz CT molecular complexity index is 746. The molecule has 2 aromatic carbocycles. The number of hydrogen-bond donors (Lipinski definition) is 1. The quantitative estimate of drug-likeness (QED) is 0.912. The molecule has 2 aliphatic rings. The maximum atomic E-state index is 13.0. The summed E-state index contributed by atoms with van der Waals surface area (Å²) in [6.07, 6.45) is 1.24. The van der Waals surface area contributed by atoms with Crippen molar-refractivity contribution >= 4 is 5.91 Å². The number of benzene rings is 2. The van der Waals surface area contributed by atoms with Gasteiger partial charge >= 0.3 is 0 Å². The summed E-state index contributed by atoms with van der Waals surface area (Å²) in [6.45, 7) is 1.40. The van der Waals surface area contributed by atoms with Gasteiger partial charge in [-0.15, -0.1) is 0 Å². The Morgan fingerprint density at radius 3 is 2.72 bits per heavy atom. The molecule has 0 bridgehead atoms. The molecular weight excluding hydrogens is 314 g/mol. The largest absolute Gasteiger partial charge is 0.384 e. The maximum absolute atomic E-state index is 13.0. The van der Waals surface area contributed by atoms with Crippen molar-refractivity contribution in [1.29, 1.82) is 0 Å². The molecule has 0 unspecified atom stereocenters. The predicted molar refractivity (Wildman–Crippen MR) is 96.3 cm³/mol. The fourth-order valence-electron chi connectivity index (χ4n) is 4.21. The Hall–Kier alpha value is -2.17. The van der Waals surface area contributed by atoms with Gasteiger partial charge in [0.1, 0.15) is 0 Å². The first-order valence-corrected chi connectivity index (χ1v) is 8.85. The van der Waals surface area contributed by atoms with Crippen LogP contribution in [0.2, 0.25) is 0 Å².